The monoisotopic (exact) mass is 235 g/mol. The van der Waals surface area contributed by atoms with Gasteiger partial charge in [0.05, 0.1) is 11.7 Å². The number of nitrogens with one attached hydrogen (secondary N) is 2. The lowest BCUT2D eigenvalue weighted by molar-refractivity contribution is 0.384. The Morgan fingerprint density at radius 1 is 1.12 bits per heavy atom. The molecule has 94 valence electrons. The first-order chi connectivity index (χ1) is 8.36. The number of rotatable bonds is 1. The first-order valence-electron chi connectivity index (χ1n) is 6.89. The van der Waals surface area contributed by atoms with Crippen LogP contribution in [-0.2, 0) is 13.0 Å². The molecule has 1 fully saturated rings. The maximum atomic E-state index is 11.9. The fourth-order valence-electron chi connectivity index (χ4n) is 3.22. The molecule has 3 rings (SSSR count). The highest BCUT2D eigenvalue weighted by molar-refractivity contribution is 5.21. The lowest BCUT2D eigenvalue weighted by Gasteiger charge is -2.21. The molecule has 0 atom stereocenters. The van der Waals surface area contributed by atoms with E-state index in [0.29, 0.717) is 6.04 Å². The zero-order valence-corrected chi connectivity index (χ0v) is 10.3. The molecule has 17 heavy (non-hydrogen) atoms. The summed E-state index contributed by atoms with van der Waals surface area (Å²) in [6.45, 7) is 1.79. The molecular formula is C13H21N3O. The van der Waals surface area contributed by atoms with Crippen LogP contribution in [0.5, 0.6) is 0 Å². The molecule has 0 saturated heterocycles. The van der Waals surface area contributed by atoms with Crippen molar-refractivity contribution in [3.05, 3.63) is 21.6 Å². The zero-order chi connectivity index (χ0) is 11.7. The average molecular weight is 235 g/mol. The summed E-state index contributed by atoms with van der Waals surface area (Å²) in [4.78, 5) is 11.9. The second kappa shape index (κ2) is 4.69. The highest BCUT2D eigenvalue weighted by Gasteiger charge is 2.23. The van der Waals surface area contributed by atoms with E-state index in [1.165, 1.54) is 44.2 Å². The Kier molecular flexibility index (Phi) is 3.05. The van der Waals surface area contributed by atoms with Gasteiger partial charge >= 0.3 is 0 Å². The van der Waals surface area contributed by atoms with Crippen molar-refractivity contribution in [1.82, 2.24) is 15.1 Å². The summed E-state index contributed by atoms with van der Waals surface area (Å²) in [5.41, 5.74) is 2.38. The second-order valence-electron chi connectivity index (χ2n) is 5.31. The third kappa shape index (κ3) is 2.06. The molecule has 0 amide bonds. The summed E-state index contributed by atoms with van der Waals surface area (Å²) in [6.07, 6.45) is 8.61. The summed E-state index contributed by atoms with van der Waals surface area (Å²) in [5, 5.41) is 6.44. The van der Waals surface area contributed by atoms with Crippen molar-refractivity contribution >= 4 is 0 Å². The van der Waals surface area contributed by atoms with E-state index in [2.05, 4.69) is 15.1 Å². The van der Waals surface area contributed by atoms with Crippen molar-refractivity contribution in [2.45, 2.75) is 57.5 Å². The number of aromatic amines is 1. The van der Waals surface area contributed by atoms with Crippen LogP contribution in [0.15, 0.2) is 4.79 Å². The van der Waals surface area contributed by atoms with E-state index in [0.717, 1.165) is 25.1 Å². The normalized spacial score (nSPS) is 22.1. The minimum atomic E-state index is 0.144. The van der Waals surface area contributed by atoms with Crippen molar-refractivity contribution in [3.63, 3.8) is 0 Å². The standard InChI is InChI=1S/C13H21N3O/c17-13-11-7-8-14-9-12(11)16(15-13)10-5-3-1-2-4-6-10/h10,14H,1-9H2,(H,15,17). The maximum Gasteiger partial charge on any atom is 0.267 e. The molecule has 2 aliphatic rings. The van der Waals surface area contributed by atoms with Gasteiger partial charge in [0.25, 0.3) is 5.56 Å². The quantitative estimate of drug-likeness (QED) is 0.728. The van der Waals surface area contributed by atoms with Gasteiger partial charge in [-0.15, -0.1) is 0 Å². The predicted molar refractivity (Wildman–Crippen MR) is 67.2 cm³/mol. The number of nitrogens with zero attached hydrogens (tertiary/aromatic N) is 1. The summed E-state index contributed by atoms with van der Waals surface area (Å²) in [5.74, 6) is 0. The minimum absolute atomic E-state index is 0.144. The molecule has 0 bridgehead atoms. The third-order valence-corrected chi connectivity index (χ3v) is 4.17. The molecule has 1 aromatic rings. The Morgan fingerprint density at radius 3 is 2.65 bits per heavy atom. The predicted octanol–water partition coefficient (Wildman–Crippen LogP) is 1.72. The van der Waals surface area contributed by atoms with E-state index in [1.54, 1.807) is 0 Å². The molecule has 4 nitrogen and oxygen atoms in total. The lowest BCUT2D eigenvalue weighted by Crippen LogP contribution is -2.27. The molecule has 0 radical (unpaired) electrons. The van der Waals surface area contributed by atoms with Crippen LogP contribution >= 0.6 is 0 Å². The summed E-state index contributed by atoms with van der Waals surface area (Å²) in [6, 6.07) is 0.522. The zero-order valence-electron chi connectivity index (χ0n) is 10.3. The van der Waals surface area contributed by atoms with Gasteiger partial charge < -0.3 is 5.32 Å². The van der Waals surface area contributed by atoms with Crippen LogP contribution in [0.2, 0.25) is 0 Å². The highest BCUT2D eigenvalue weighted by atomic mass is 16.1. The van der Waals surface area contributed by atoms with Crippen LogP contribution in [-0.4, -0.2) is 16.3 Å². The molecule has 0 unspecified atom stereocenters. The van der Waals surface area contributed by atoms with Crippen LogP contribution in [0.1, 0.15) is 55.8 Å². The summed E-state index contributed by atoms with van der Waals surface area (Å²) in [7, 11) is 0. The summed E-state index contributed by atoms with van der Waals surface area (Å²) >= 11 is 0. The van der Waals surface area contributed by atoms with Gasteiger partial charge in [0, 0.05) is 12.1 Å². The van der Waals surface area contributed by atoms with Crippen molar-refractivity contribution in [3.8, 4) is 0 Å². The van der Waals surface area contributed by atoms with Crippen molar-refractivity contribution in [1.29, 1.82) is 0 Å². The lowest BCUT2D eigenvalue weighted by atomic mass is 10.1. The highest BCUT2D eigenvalue weighted by Crippen LogP contribution is 2.28. The Hall–Kier alpha value is -1.03. The van der Waals surface area contributed by atoms with Crippen molar-refractivity contribution < 1.29 is 0 Å². The van der Waals surface area contributed by atoms with E-state index in [1.807, 2.05) is 0 Å². The molecular weight excluding hydrogens is 214 g/mol. The molecule has 4 heteroatoms. The number of hydrogen-bond donors (Lipinski definition) is 2. The molecule has 0 aromatic carbocycles. The van der Waals surface area contributed by atoms with Gasteiger partial charge in [-0.1, -0.05) is 25.7 Å². The Balaban J connectivity index is 1.93. The molecule has 2 N–H and O–H groups in total. The van der Waals surface area contributed by atoms with Crippen molar-refractivity contribution in [2.75, 3.05) is 6.54 Å². The van der Waals surface area contributed by atoms with Crippen molar-refractivity contribution in [2.24, 2.45) is 0 Å². The van der Waals surface area contributed by atoms with Crippen LogP contribution in [0.25, 0.3) is 0 Å². The topological polar surface area (TPSA) is 49.8 Å². The third-order valence-electron chi connectivity index (χ3n) is 4.17. The molecule has 2 heterocycles. The maximum absolute atomic E-state index is 11.9. The molecule has 1 aliphatic carbocycles. The summed E-state index contributed by atoms with van der Waals surface area (Å²) < 4.78 is 2.18. The van der Waals surface area contributed by atoms with Gasteiger partial charge in [0.1, 0.15) is 0 Å². The van der Waals surface area contributed by atoms with Gasteiger partial charge in [-0.2, -0.15) is 0 Å². The van der Waals surface area contributed by atoms with E-state index >= 15 is 0 Å². The Bertz CT molecular complexity index is 438. The first kappa shape index (κ1) is 11.1. The Labute approximate surface area is 101 Å². The molecule has 1 aliphatic heterocycles. The van der Waals surface area contributed by atoms with Gasteiger partial charge in [0.2, 0.25) is 0 Å². The van der Waals surface area contributed by atoms with E-state index in [9.17, 15) is 4.79 Å². The Morgan fingerprint density at radius 2 is 1.88 bits per heavy atom. The minimum Gasteiger partial charge on any atom is -0.311 e. The van der Waals surface area contributed by atoms with Crippen LogP contribution in [0, 0.1) is 0 Å². The molecule has 0 spiro atoms. The van der Waals surface area contributed by atoms with E-state index in [4.69, 9.17) is 0 Å². The number of hydrogen-bond acceptors (Lipinski definition) is 2. The van der Waals surface area contributed by atoms with Crippen LogP contribution in [0.4, 0.5) is 0 Å². The van der Waals surface area contributed by atoms with Gasteiger partial charge in [-0.05, 0) is 25.8 Å². The molecule has 1 saturated carbocycles. The van der Waals surface area contributed by atoms with E-state index in [-0.39, 0.29) is 5.56 Å². The molecule has 1 aromatic heterocycles. The first-order valence-corrected chi connectivity index (χ1v) is 6.89. The fraction of sp³-hybridized carbons (Fsp3) is 0.769. The smallest absolute Gasteiger partial charge is 0.267 e. The SMILES string of the molecule is O=c1[nH]n(C2CCCCCC2)c2c1CCNC2. The van der Waals surface area contributed by atoms with Crippen LogP contribution < -0.4 is 10.9 Å². The fourth-order valence-corrected chi connectivity index (χ4v) is 3.22. The van der Waals surface area contributed by atoms with E-state index < -0.39 is 0 Å². The van der Waals surface area contributed by atoms with Crippen LogP contribution in [0.3, 0.4) is 0 Å². The second-order valence-corrected chi connectivity index (χ2v) is 5.31. The number of aromatic nitrogens is 2. The average Bonchev–Trinajstić information content (AvgIpc) is 2.57. The van der Waals surface area contributed by atoms with Gasteiger partial charge in [0.15, 0.2) is 0 Å². The number of H-pyrrole nitrogens is 1. The van der Waals surface area contributed by atoms with Gasteiger partial charge in [-0.25, -0.2) is 0 Å². The number of fused-ring (bicyclic) bond motifs is 1. The largest absolute Gasteiger partial charge is 0.311 e. The van der Waals surface area contributed by atoms with Gasteiger partial charge in [-0.3, -0.25) is 14.6 Å².